The normalized spacial score (nSPS) is 10.1. The number of amides is 1. The molecule has 0 atom stereocenters. The second-order valence-corrected chi connectivity index (χ2v) is 5.64. The van der Waals surface area contributed by atoms with Gasteiger partial charge in [0.25, 0.3) is 0 Å². The first-order valence-electron chi connectivity index (χ1n) is 7.25. The molecule has 24 heavy (non-hydrogen) atoms. The Morgan fingerprint density at radius 2 is 1.67 bits per heavy atom. The Hall–Kier alpha value is -2.24. The van der Waals surface area contributed by atoms with E-state index >= 15 is 0 Å². The maximum Gasteiger partial charge on any atom is 0.338 e. The van der Waals surface area contributed by atoms with Crippen molar-refractivity contribution in [1.29, 1.82) is 0 Å². The van der Waals surface area contributed by atoms with Crippen LogP contribution in [-0.4, -0.2) is 25.0 Å². The standard InChI is InChI=1S/C17H16Cl2N2O3/c1-2-24-17(23)11-3-5-12(6-4-11)21-16(22)10-20-13-7-8-14(18)15(19)9-13/h3-9,20H,2,10H2,1H3,(H,21,22). The fourth-order valence-corrected chi connectivity index (χ4v) is 2.20. The van der Waals surface area contributed by atoms with Crippen LogP contribution >= 0.6 is 23.2 Å². The molecule has 7 heteroatoms. The van der Waals surface area contributed by atoms with Crippen molar-refractivity contribution in [2.24, 2.45) is 0 Å². The topological polar surface area (TPSA) is 67.4 Å². The summed E-state index contributed by atoms with van der Waals surface area (Å²) in [5.74, 6) is -0.624. The number of nitrogens with one attached hydrogen (secondary N) is 2. The Kier molecular flexibility index (Phi) is 6.46. The first kappa shape index (κ1) is 18.1. The van der Waals surface area contributed by atoms with Gasteiger partial charge in [0.05, 0.1) is 28.8 Å². The van der Waals surface area contributed by atoms with E-state index in [2.05, 4.69) is 10.6 Å². The van der Waals surface area contributed by atoms with E-state index < -0.39 is 5.97 Å². The number of anilines is 2. The largest absolute Gasteiger partial charge is 0.462 e. The Bertz CT molecular complexity index is 733. The number of benzene rings is 2. The maximum atomic E-state index is 11.9. The number of carbonyl (C=O) groups is 2. The van der Waals surface area contributed by atoms with E-state index in [0.717, 1.165) is 0 Å². The molecule has 0 aliphatic heterocycles. The van der Waals surface area contributed by atoms with Crippen molar-refractivity contribution >= 4 is 46.5 Å². The molecule has 0 aliphatic rings. The Balaban J connectivity index is 1.87. The lowest BCUT2D eigenvalue weighted by Gasteiger charge is -2.09. The predicted octanol–water partition coefficient (Wildman–Crippen LogP) is 4.22. The van der Waals surface area contributed by atoms with E-state index in [1.54, 1.807) is 49.4 Å². The van der Waals surface area contributed by atoms with E-state index in [1.807, 2.05) is 0 Å². The van der Waals surface area contributed by atoms with E-state index in [4.69, 9.17) is 27.9 Å². The molecule has 2 N–H and O–H groups in total. The summed E-state index contributed by atoms with van der Waals surface area (Å²) >= 11 is 11.7. The van der Waals surface area contributed by atoms with Gasteiger partial charge in [0.2, 0.25) is 5.91 Å². The molecule has 5 nitrogen and oxygen atoms in total. The van der Waals surface area contributed by atoms with Gasteiger partial charge in [-0.1, -0.05) is 23.2 Å². The van der Waals surface area contributed by atoms with Crippen molar-refractivity contribution < 1.29 is 14.3 Å². The smallest absolute Gasteiger partial charge is 0.338 e. The van der Waals surface area contributed by atoms with Crippen LogP contribution in [0.1, 0.15) is 17.3 Å². The molecule has 1 amide bonds. The van der Waals surface area contributed by atoms with Gasteiger partial charge >= 0.3 is 5.97 Å². The van der Waals surface area contributed by atoms with E-state index in [1.165, 1.54) is 0 Å². The van der Waals surface area contributed by atoms with Crippen LogP contribution in [0.15, 0.2) is 42.5 Å². The summed E-state index contributed by atoms with van der Waals surface area (Å²) in [6.45, 7) is 2.13. The molecule has 2 aromatic carbocycles. The molecule has 0 aromatic heterocycles. The average molecular weight is 367 g/mol. The number of esters is 1. The average Bonchev–Trinajstić information content (AvgIpc) is 2.57. The number of halogens is 2. The Labute approximate surface area is 149 Å². The number of hydrogen-bond acceptors (Lipinski definition) is 4. The minimum absolute atomic E-state index is 0.0671. The highest BCUT2D eigenvalue weighted by molar-refractivity contribution is 6.42. The fraction of sp³-hybridized carbons (Fsp3) is 0.176. The highest BCUT2D eigenvalue weighted by Gasteiger charge is 2.07. The summed E-state index contributed by atoms with van der Waals surface area (Å²) in [5, 5.41) is 6.54. The number of carbonyl (C=O) groups excluding carboxylic acids is 2. The minimum Gasteiger partial charge on any atom is -0.462 e. The third kappa shape index (κ3) is 5.15. The summed E-state index contributed by atoms with van der Waals surface area (Å²) in [6, 6.07) is 11.5. The molecule has 0 spiro atoms. The summed E-state index contributed by atoms with van der Waals surface area (Å²) in [4.78, 5) is 23.5. The van der Waals surface area contributed by atoms with Crippen LogP contribution in [0.2, 0.25) is 10.0 Å². The second kappa shape index (κ2) is 8.57. The van der Waals surface area contributed by atoms with Gasteiger partial charge in [-0.2, -0.15) is 0 Å². The molecule has 0 unspecified atom stereocenters. The zero-order valence-electron chi connectivity index (χ0n) is 12.9. The Morgan fingerprint density at radius 3 is 2.29 bits per heavy atom. The van der Waals surface area contributed by atoms with E-state index in [0.29, 0.717) is 33.6 Å². The van der Waals surface area contributed by atoms with Crippen molar-refractivity contribution in [2.75, 3.05) is 23.8 Å². The molecule has 126 valence electrons. The van der Waals surface area contributed by atoms with E-state index in [-0.39, 0.29) is 12.5 Å². The number of rotatable bonds is 6. The third-order valence-corrected chi connectivity index (χ3v) is 3.79. The van der Waals surface area contributed by atoms with Crippen molar-refractivity contribution in [3.8, 4) is 0 Å². The van der Waals surface area contributed by atoms with Crippen LogP contribution in [0.25, 0.3) is 0 Å². The van der Waals surface area contributed by atoms with Crippen LogP contribution in [0.5, 0.6) is 0 Å². The lowest BCUT2D eigenvalue weighted by Crippen LogP contribution is -2.21. The molecule has 0 radical (unpaired) electrons. The first-order valence-corrected chi connectivity index (χ1v) is 8.01. The van der Waals surface area contributed by atoms with Gasteiger partial charge in [0.1, 0.15) is 0 Å². The maximum absolute atomic E-state index is 11.9. The van der Waals surface area contributed by atoms with Gasteiger partial charge in [-0.25, -0.2) is 4.79 Å². The molecule has 0 aliphatic carbocycles. The lowest BCUT2D eigenvalue weighted by molar-refractivity contribution is -0.114. The molecular formula is C17H16Cl2N2O3. The summed E-state index contributed by atoms with van der Waals surface area (Å²) in [6.07, 6.45) is 0. The van der Waals surface area contributed by atoms with Gasteiger partial charge < -0.3 is 15.4 Å². The van der Waals surface area contributed by atoms with Crippen molar-refractivity contribution in [1.82, 2.24) is 0 Å². The zero-order valence-corrected chi connectivity index (χ0v) is 14.4. The van der Waals surface area contributed by atoms with Crippen LogP contribution in [0, 0.1) is 0 Å². The number of hydrogen-bond donors (Lipinski definition) is 2. The van der Waals surface area contributed by atoms with Gasteiger partial charge in [-0.15, -0.1) is 0 Å². The quantitative estimate of drug-likeness (QED) is 0.751. The molecule has 0 fully saturated rings. The SMILES string of the molecule is CCOC(=O)c1ccc(NC(=O)CNc2ccc(Cl)c(Cl)c2)cc1. The van der Waals surface area contributed by atoms with E-state index in [9.17, 15) is 9.59 Å². The molecule has 0 saturated heterocycles. The lowest BCUT2D eigenvalue weighted by atomic mass is 10.2. The summed E-state index contributed by atoms with van der Waals surface area (Å²) in [7, 11) is 0. The summed E-state index contributed by atoms with van der Waals surface area (Å²) < 4.78 is 4.90. The molecule has 2 rings (SSSR count). The van der Waals surface area contributed by atoms with Crippen molar-refractivity contribution in [3.63, 3.8) is 0 Å². The zero-order chi connectivity index (χ0) is 17.5. The molecule has 0 saturated carbocycles. The predicted molar refractivity (Wildman–Crippen MR) is 96.0 cm³/mol. The highest BCUT2D eigenvalue weighted by atomic mass is 35.5. The Morgan fingerprint density at radius 1 is 1.00 bits per heavy atom. The monoisotopic (exact) mass is 366 g/mol. The third-order valence-electron chi connectivity index (χ3n) is 3.05. The minimum atomic E-state index is -0.392. The second-order valence-electron chi connectivity index (χ2n) is 4.83. The highest BCUT2D eigenvalue weighted by Crippen LogP contribution is 2.24. The molecule has 2 aromatic rings. The first-order chi connectivity index (χ1) is 11.5. The van der Waals surface area contributed by atoms with Gasteiger partial charge in [0.15, 0.2) is 0 Å². The van der Waals surface area contributed by atoms with Crippen LogP contribution in [0.4, 0.5) is 11.4 Å². The fourth-order valence-electron chi connectivity index (χ4n) is 1.90. The van der Waals surface area contributed by atoms with Gasteiger partial charge in [-0.05, 0) is 49.4 Å². The van der Waals surface area contributed by atoms with Crippen LogP contribution < -0.4 is 10.6 Å². The van der Waals surface area contributed by atoms with Gasteiger partial charge in [-0.3, -0.25) is 4.79 Å². The van der Waals surface area contributed by atoms with Crippen molar-refractivity contribution in [2.45, 2.75) is 6.92 Å². The molecule has 0 heterocycles. The number of ether oxygens (including phenoxy) is 1. The van der Waals surface area contributed by atoms with Crippen LogP contribution in [-0.2, 0) is 9.53 Å². The molecular weight excluding hydrogens is 351 g/mol. The molecule has 0 bridgehead atoms. The van der Waals surface area contributed by atoms with Gasteiger partial charge in [0, 0.05) is 11.4 Å². The van der Waals surface area contributed by atoms with Crippen LogP contribution in [0.3, 0.4) is 0 Å². The van der Waals surface area contributed by atoms with Crippen molar-refractivity contribution in [3.05, 3.63) is 58.1 Å². The summed E-state index contributed by atoms with van der Waals surface area (Å²) in [5.41, 5.74) is 1.71.